The standard InChI is InChI=1S/C11H11BrN2O5/c12-6-1-3-7(4-2-6)13-11(19)14-8(10(17)18)5-9(15)16/h1-4,8H,5H2,(H,15,16)(H,17,18)(H2,13,14,19)/t8-/m0/s1. The van der Waals surface area contributed by atoms with E-state index in [1.807, 2.05) is 0 Å². The highest BCUT2D eigenvalue weighted by Crippen LogP contribution is 2.13. The molecule has 0 saturated heterocycles. The number of benzene rings is 1. The van der Waals surface area contributed by atoms with Gasteiger partial charge in [0.25, 0.3) is 0 Å². The molecule has 0 bridgehead atoms. The molecule has 1 aromatic rings. The summed E-state index contributed by atoms with van der Waals surface area (Å²) in [5, 5.41) is 21.8. The Morgan fingerprint density at radius 3 is 2.21 bits per heavy atom. The van der Waals surface area contributed by atoms with E-state index >= 15 is 0 Å². The second kappa shape index (κ2) is 6.74. The number of hydrogen-bond donors (Lipinski definition) is 4. The lowest BCUT2D eigenvalue weighted by atomic mass is 10.2. The number of anilines is 1. The monoisotopic (exact) mass is 330 g/mol. The van der Waals surface area contributed by atoms with Gasteiger partial charge in [-0.1, -0.05) is 15.9 Å². The average Bonchev–Trinajstić information content (AvgIpc) is 2.30. The van der Waals surface area contributed by atoms with Gasteiger partial charge in [-0.3, -0.25) is 4.79 Å². The van der Waals surface area contributed by atoms with Gasteiger partial charge in [-0.15, -0.1) is 0 Å². The molecule has 0 aliphatic carbocycles. The van der Waals surface area contributed by atoms with Gasteiger partial charge in [-0.05, 0) is 24.3 Å². The van der Waals surface area contributed by atoms with Crippen molar-refractivity contribution in [3.8, 4) is 0 Å². The molecule has 0 aliphatic rings. The van der Waals surface area contributed by atoms with Crippen LogP contribution in [0.4, 0.5) is 10.5 Å². The van der Waals surface area contributed by atoms with Gasteiger partial charge >= 0.3 is 18.0 Å². The molecule has 0 unspecified atom stereocenters. The molecule has 1 atom stereocenters. The molecular weight excluding hydrogens is 320 g/mol. The fraction of sp³-hybridized carbons (Fsp3) is 0.182. The summed E-state index contributed by atoms with van der Waals surface area (Å²) in [5.41, 5.74) is 0.458. The minimum Gasteiger partial charge on any atom is -0.481 e. The van der Waals surface area contributed by atoms with Crippen LogP contribution in [0.3, 0.4) is 0 Å². The van der Waals surface area contributed by atoms with Crippen LogP contribution in [-0.4, -0.2) is 34.2 Å². The Morgan fingerprint density at radius 2 is 1.74 bits per heavy atom. The Bertz CT molecular complexity index is 488. The van der Waals surface area contributed by atoms with E-state index in [0.717, 1.165) is 4.47 Å². The number of carbonyl (C=O) groups excluding carboxylic acids is 1. The minimum absolute atomic E-state index is 0.458. The van der Waals surface area contributed by atoms with E-state index in [1.165, 1.54) is 0 Å². The van der Waals surface area contributed by atoms with Gasteiger partial charge in [0.2, 0.25) is 0 Å². The zero-order chi connectivity index (χ0) is 14.4. The molecule has 1 aromatic carbocycles. The van der Waals surface area contributed by atoms with Gasteiger partial charge in [-0.25, -0.2) is 9.59 Å². The molecule has 0 aliphatic heterocycles. The number of carbonyl (C=O) groups is 3. The number of carboxylic acids is 2. The van der Waals surface area contributed by atoms with E-state index < -0.39 is 30.4 Å². The number of nitrogens with one attached hydrogen (secondary N) is 2. The molecule has 0 saturated carbocycles. The minimum atomic E-state index is -1.48. The smallest absolute Gasteiger partial charge is 0.326 e. The summed E-state index contributed by atoms with van der Waals surface area (Å²) in [4.78, 5) is 32.7. The van der Waals surface area contributed by atoms with Crippen LogP contribution in [0, 0.1) is 0 Å². The van der Waals surface area contributed by atoms with Crippen LogP contribution < -0.4 is 10.6 Å². The summed E-state index contributed by atoms with van der Waals surface area (Å²) in [6, 6.07) is 4.35. The van der Waals surface area contributed by atoms with E-state index in [0.29, 0.717) is 5.69 Å². The van der Waals surface area contributed by atoms with Crippen LogP contribution in [0.25, 0.3) is 0 Å². The lowest BCUT2D eigenvalue weighted by molar-refractivity contribution is -0.145. The van der Waals surface area contributed by atoms with E-state index in [9.17, 15) is 14.4 Å². The highest BCUT2D eigenvalue weighted by atomic mass is 79.9. The Morgan fingerprint density at radius 1 is 1.16 bits per heavy atom. The molecule has 4 N–H and O–H groups in total. The molecule has 0 radical (unpaired) electrons. The van der Waals surface area contributed by atoms with E-state index in [2.05, 4.69) is 26.6 Å². The van der Waals surface area contributed by atoms with Crippen molar-refractivity contribution in [2.75, 3.05) is 5.32 Å². The maximum Gasteiger partial charge on any atom is 0.326 e. The third-order valence-corrected chi connectivity index (χ3v) is 2.61. The second-order valence-corrected chi connectivity index (χ2v) is 4.51. The van der Waals surface area contributed by atoms with Gasteiger partial charge in [0.1, 0.15) is 6.04 Å². The van der Waals surface area contributed by atoms with Crippen molar-refractivity contribution >= 4 is 39.6 Å². The van der Waals surface area contributed by atoms with Crippen LogP contribution in [0.1, 0.15) is 6.42 Å². The topological polar surface area (TPSA) is 116 Å². The summed E-state index contributed by atoms with van der Waals surface area (Å²) in [5.74, 6) is -2.72. The van der Waals surface area contributed by atoms with E-state index in [1.54, 1.807) is 24.3 Å². The molecule has 1 rings (SSSR count). The normalized spacial score (nSPS) is 11.4. The lowest BCUT2D eigenvalue weighted by Crippen LogP contribution is -2.44. The molecule has 0 spiro atoms. The van der Waals surface area contributed by atoms with Crippen molar-refractivity contribution in [2.24, 2.45) is 0 Å². The SMILES string of the molecule is O=C(O)C[C@H](NC(=O)Nc1ccc(Br)cc1)C(=O)O. The van der Waals surface area contributed by atoms with Crippen molar-refractivity contribution in [1.29, 1.82) is 0 Å². The molecule has 19 heavy (non-hydrogen) atoms. The third kappa shape index (κ3) is 5.38. The maximum absolute atomic E-state index is 11.5. The largest absolute Gasteiger partial charge is 0.481 e. The number of rotatable bonds is 5. The molecule has 102 valence electrons. The van der Waals surface area contributed by atoms with Crippen molar-refractivity contribution in [3.05, 3.63) is 28.7 Å². The number of hydrogen-bond acceptors (Lipinski definition) is 3. The summed E-state index contributed by atoms with van der Waals surface area (Å²) in [6.45, 7) is 0. The predicted molar refractivity (Wildman–Crippen MR) is 70.0 cm³/mol. The Hall–Kier alpha value is -2.09. The van der Waals surface area contributed by atoms with Gasteiger partial charge in [-0.2, -0.15) is 0 Å². The Kier molecular flexibility index (Phi) is 5.31. The number of aliphatic carboxylic acids is 2. The first-order valence-electron chi connectivity index (χ1n) is 5.16. The van der Waals surface area contributed by atoms with Crippen molar-refractivity contribution in [3.63, 3.8) is 0 Å². The Balaban J connectivity index is 2.59. The van der Waals surface area contributed by atoms with Crippen LogP contribution in [-0.2, 0) is 9.59 Å². The van der Waals surface area contributed by atoms with E-state index in [4.69, 9.17) is 10.2 Å². The molecule has 2 amide bonds. The molecule has 0 heterocycles. The second-order valence-electron chi connectivity index (χ2n) is 3.59. The number of urea groups is 1. The molecular formula is C11H11BrN2O5. The first kappa shape index (κ1) is 15.0. The fourth-order valence-electron chi connectivity index (χ4n) is 1.23. The molecule has 0 aromatic heterocycles. The number of halogens is 1. The highest BCUT2D eigenvalue weighted by molar-refractivity contribution is 9.10. The Labute approximate surface area is 116 Å². The number of amides is 2. The summed E-state index contributed by atoms with van der Waals surface area (Å²) >= 11 is 3.23. The average molecular weight is 331 g/mol. The van der Waals surface area contributed by atoms with Gasteiger partial charge in [0.15, 0.2) is 0 Å². The van der Waals surface area contributed by atoms with Crippen LogP contribution in [0.5, 0.6) is 0 Å². The third-order valence-electron chi connectivity index (χ3n) is 2.08. The van der Waals surface area contributed by atoms with Gasteiger partial charge < -0.3 is 20.8 Å². The molecule has 8 heteroatoms. The van der Waals surface area contributed by atoms with Gasteiger partial charge in [0.05, 0.1) is 6.42 Å². The molecule has 7 nitrogen and oxygen atoms in total. The summed E-state index contributed by atoms with van der Waals surface area (Å²) in [6.07, 6.45) is -0.691. The van der Waals surface area contributed by atoms with Gasteiger partial charge in [0, 0.05) is 10.2 Å². The van der Waals surface area contributed by atoms with Crippen LogP contribution >= 0.6 is 15.9 Å². The van der Waals surface area contributed by atoms with Crippen LogP contribution in [0.2, 0.25) is 0 Å². The van der Waals surface area contributed by atoms with E-state index in [-0.39, 0.29) is 0 Å². The summed E-state index contributed by atoms with van der Waals surface area (Å²) < 4.78 is 0.827. The molecule has 0 fully saturated rings. The quantitative estimate of drug-likeness (QED) is 0.652. The number of carboxylic acid groups (broad SMARTS) is 2. The lowest BCUT2D eigenvalue weighted by Gasteiger charge is -2.13. The van der Waals surface area contributed by atoms with Crippen molar-refractivity contribution in [1.82, 2.24) is 5.32 Å². The highest BCUT2D eigenvalue weighted by Gasteiger charge is 2.22. The zero-order valence-corrected chi connectivity index (χ0v) is 11.2. The maximum atomic E-state index is 11.5. The van der Waals surface area contributed by atoms with Crippen molar-refractivity contribution in [2.45, 2.75) is 12.5 Å². The van der Waals surface area contributed by atoms with Crippen LogP contribution in [0.15, 0.2) is 28.7 Å². The first-order chi connectivity index (χ1) is 8.88. The van der Waals surface area contributed by atoms with Crippen molar-refractivity contribution < 1.29 is 24.6 Å². The fourth-order valence-corrected chi connectivity index (χ4v) is 1.50. The zero-order valence-electron chi connectivity index (χ0n) is 9.59. The predicted octanol–water partition coefficient (Wildman–Crippen LogP) is 1.50. The first-order valence-corrected chi connectivity index (χ1v) is 5.95. The summed E-state index contributed by atoms with van der Waals surface area (Å²) in [7, 11) is 0.